The molecule has 1 aromatic carbocycles. The third kappa shape index (κ3) is 2.40. The van der Waals surface area contributed by atoms with Crippen LogP contribution < -0.4 is 0 Å². The molecule has 1 amide bonds. The summed E-state index contributed by atoms with van der Waals surface area (Å²) in [6.45, 7) is 3.11. The molecule has 1 heterocycles. The second kappa shape index (κ2) is 5.75. The monoisotopic (exact) mass is 301 g/mol. The lowest BCUT2D eigenvalue weighted by atomic mass is 9.62. The predicted octanol–water partition coefficient (Wildman–Crippen LogP) is 2.74. The Balaban J connectivity index is 1.86. The molecule has 22 heavy (non-hydrogen) atoms. The summed E-state index contributed by atoms with van der Waals surface area (Å²) in [7, 11) is 0. The first-order chi connectivity index (χ1) is 10.5. The van der Waals surface area contributed by atoms with E-state index in [0.717, 1.165) is 36.8 Å². The number of carboxylic acid groups (broad SMARTS) is 1. The minimum Gasteiger partial charge on any atom is -0.481 e. The lowest BCUT2D eigenvalue weighted by Crippen LogP contribution is -2.54. The van der Waals surface area contributed by atoms with Gasteiger partial charge in [0.1, 0.15) is 0 Å². The van der Waals surface area contributed by atoms with Gasteiger partial charge in [0.2, 0.25) is 5.91 Å². The van der Waals surface area contributed by atoms with Crippen LogP contribution in [0.2, 0.25) is 0 Å². The van der Waals surface area contributed by atoms with E-state index in [1.54, 1.807) is 4.90 Å². The van der Waals surface area contributed by atoms with Crippen LogP contribution in [0.25, 0.3) is 0 Å². The van der Waals surface area contributed by atoms with E-state index < -0.39 is 17.3 Å². The van der Waals surface area contributed by atoms with Crippen LogP contribution in [0.5, 0.6) is 0 Å². The molecule has 118 valence electrons. The zero-order valence-electron chi connectivity index (χ0n) is 13.0. The van der Waals surface area contributed by atoms with Crippen LogP contribution in [0.4, 0.5) is 0 Å². The van der Waals surface area contributed by atoms with Crippen molar-refractivity contribution in [3.8, 4) is 0 Å². The Morgan fingerprint density at radius 1 is 1.23 bits per heavy atom. The van der Waals surface area contributed by atoms with E-state index in [-0.39, 0.29) is 5.91 Å². The van der Waals surface area contributed by atoms with Crippen LogP contribution >= 0.6 is 0 Å². The molecule has 1 unspecified atom stereocenters. The summed E-state index contributed by atoms with van der Waals surface area (Å²) in [5, 5.41) is 9.23. The maximum Gasteiger partial charge on any atom is 0.308 e. The van der Waals surface area contributed by atoms with E-state index in [9.17, 15) is 14.7 Å². The molecule has 1 aliphatic carbocycles. The first kappa shape index (κ1) is 15.1. The van der Waals surface area contributed by atoms with Crippen molar-refractivity contribution in [2.45, 2.75) is 44.4 Å². The highest BCUT2D eigenvalue weighted by Gasteiger charge is 2.49. The number of hydrogen-bond donors (Lipinski definition) is 1. The zero-order chi connectivity index (χ0) is 15.7. The molecule has 1 saturated carbocycles. The summed E-state index contributed by atoms with van der Waals surface area (Å²) >= 11 is 0. The van der Waals surface area contributed by atoms with E-state index in [0.29, 0.717) is 19.5 Å². The molecule has 1 aliphatic heterocycles. The van der Waals surface area contributed by atoms with Crippen molar-refractivity contribution in [1.29, 1.82) is 0 Å². The average molecular weight is 301 g/mol. The number of benzene rings is 1. The average Bonchev–Trinajstić information content (AvgIpc) is 2.48. The number of aryl methyl sites for hydroxylation is 1. The van der Waals surface area contributed by atoms with Gasteiger partial charge in [-0.1, -0.05) is 30.7 Å². The Morgan fingerprint density at radius 3 is 2.55 bits per heavy atom. The van der Waals surface area contributed by atoms with Gasteiger partial charge in [0.15, 0.2) is 0 Å². The molecule has 3 rings (SSSR count). The summed E-state index contributed by atoms with van der Waals surface area (Å²) < 4.78 is 0. The maximum atomic E-state index is 13.2. The first-order valence-corrected chi connectivity index (χ1v) is 8.13. The van der Waals surface area contributed by atoms with Gasteiger partial charge in [-0.2, -0.15) is 0 Å². The summed E-state index contributed by atoms with van der Waals surface area (Å²) in [6.07, 6.45) is 4.29. The van der Waals surface area contributed by atoms with Crippen molar-refractivity contribution in [2.75, 3.05) is 13.1 Å². The molecule has 0 bridgehead atoms. The lowest BCUT2D eigenvalue weighted by molar-refractivity contribution is -0.149. The molecule has 1 N–H and O–H groups in total. The molecule has 0 spiro atoms. The smallest absolute Gasteiger partial charge is 0.308 e. The molecule has 4 heteroatoms. The van der Waals surface area contributed by atoms with Gasteiger partial charge in [0.25, 0.3) is 0 Å². The fraction of sp³-hybridized carbons (Fsp3) is 0.556. The van der Waals surface area contributed by atoms with E-state index in [2.05, 4.69) is 19.1 Å². The molecule has 4 nitrogen and oxygen atoms in total. The van der Waals surface area contributed by atoms with Crippen molar-refractivity contribution in [3.05, 3.63) is 35.4 Å². The van der Waals surface area contributed by atoms with Crippen molar-refractivity contribution >= 4 is 11.9 Å². The topological polar surface area (TPSA) is 57.6 Å². The Hall–Kier alpha value is -1.84. The van der Waals surface area contributed by atoms with E-state index in [1.165, 1.54) is 0 Å². The number of amides is 1. The second-order valence-electron chi connectivity index (χ2n) is 6.68. The lowest BCUT2D eigenvalue weighted by Gasteiger charge is -2.46. The number of aliphatic carboxylic acids is 1. The maximum absolute atomic E-state index is 13.2. The molecule has 0 radical (unpaired) electrons. The molecule has 1 aromatic rings. The van der Waals surface area contributed by atoms with Crippen LogP contribution in [0.15, 0.2) is 24.3 Å². The minimum absolute atomic E-state index is 0.138. The molecule has 2 aliphatic rings. The van der Waals surface area contributed by atoms with E-state index in [1.807, 2.05) is 12.1 Å². The number of rotatable bonds is 3. The van der Waals surface area contributed by atoms with Gasteiger partial charge in [-0.15, -0.1) is 0 Å². The van der Waals surface area contributed by atoms with Gasteiger partial charge < -0.3 is 10.0 Å². The van der Waals surface area contributed by atoms with Crippen LogP contribution in [0.1, 0.15) is 43.2 Å². The minimum atomic E-state index is -0.781. The van der Waals surface area contributed by atoms with Crippen LogP contribution in [0.3, 0.4) is 0 Å². The first-order valence-electron chi connectivity index (χ1n) is 8.13. The van der Waals surface area contributed by atoms with E-state index >= 15 is 0 Å². The number of piperidine rings is 1. The number of likely N-dealkylation sites (tertiary alicyclic amines) is 1. The summed E-state index contributed by atoms with van der Waals surface area (Å²) in [5.41, 5.74) is 1.87. The largest absolute Gasteiger partial charge is 0.481 e. The van der Waals surface area contributed by atoms with Crippen LogP contribution in [-0.4, -0.2) is 35.0 Å². The molecular formula is C18H23NO3. The van der Waals surface area contributed by atoms with Gasteiger partial charge in [-0.25, -0.2) is 0 Å². The van der Waals surface area contributed by atoms with Crippen LogP contribution in [0, 0.1) is 12.8 Å². The fourth-order valence-electron chi connectivity index (χ4n) is 3.90. The second-order valence-corrected chi connectivity index (χ2v) is 6.68. The molecule has 1 saturated heterocycles. The number of hydrogen-bond acceptors (Lipinski definition) is 2. The Morgan fingerprint density at radius 2 is 1.95 bits per heavy atom. The highest BCUT2D eigenvalue weighted by atomic mass is 16.4. The third-order valence-corrected chi connectivity index (χ3v) is 5.33. The molecule has 2 fully saturated rings. The van der Waals surface area contributed by atoms with Crippen LogP contribution in [-0.2, 0) is 15.0 Å². The Labute approximate surface area is 131 Å². The standard InChI is InChI=1S/C18H23NO3/c1-13-6-2-3-8-15(13)18(9-5-10-18)17(22)19-11-4-7-14(12-19)16(20)21/h2-3,6,8,14H,4-5,7,9-12H2,1H3,(H,20,21). The highest BCUT2D eigenvalue weighted by molar-refractivity contribution is 5.90. The summed E-state index contributed by atoms with van der Waals surface area (Å²) in [4.78, 5) is 26.2. The molecule has 0 aromatic heterocycles. The summed E-state index contributed by atoms with van der Waals surface area (Å²) in [5.74, 6) is -1.05. The molecule has 1 atom stereocenters. The van der Waals surface area contributed by atoms with Gasteiger partial charge >= 0.3 is 5.97 Å². The van der Waals surface area contributed by atoms with E-state index in [4.69, 9.17) is 0 Å². The van der Waals surface area contributed by atoms with Crippen molar-refractivity contribution in [2.24, 2.45) is 5.92 Å². The Bertz CT molecular complexity index is 592. The van der Waals surface area contributed by atoms with Gasteiger partial charge in [-0.3, -0.25) is 9.59 Å². The fourth-order valence-corrected chi connectivity index (χ4v) is 3.90. The Kier molecular flexibility index (Phi) is 3.94. The number of carboxylic acids is 1. The SMILES string of the molecule is Cc1ccccc1C1(C(=O)N2CCCC(C(=O)O)C2)CCC1. The van der Waals surface area contributed by atoms with Gasteiger partial charge in [0, 0.05) is 13.1 Å². The normalized spacial score (nSPS) is 23.7. The highest BCUT2D eigenvalue weighted by Crippen LogP contribution is 2.46. The van der Waals surface area contributed by atoms with Gasteiger partial charge in [-0.05, 0) is 43.7 Å². The quantitative estimate of drug-likeness (QED) is 0.934. The number of carbonyl (C=O) groups excluding carboxylic acids is 1. The zero-order valence-corrected chi connectivity index (χ0v) is 13.0. The number of carbonyl (C=O) groups is 2. The summed E-state index contributed by atoms with van der Waals surface area (Å²) in [6, 6.07) is 8.10. The van der Waals surface area contributed by atoms with Crippen molar-refractivity contribution in [1.82, 2.24) is 4.90 Å². The number of nitrogens with zero attached hydrogens (tertiary/aromatic N) is 1. The van der Waals surface area contributed by atoms with Crippen molar-refractivity contribution < 1.29 is 14.7 Å². The van der Waals surface area contributed by atoms with Crippen molar-refractivity contribution in [3.63, 3.8) is 0 Å². The third-order valence-electron chi connectivity index (χ3n) is 5.33. The predicted molar refractivity (Wildman–Crippen MR) is 83.6 cm³/mol. The molecular weight excluding hydrogens is 278 g/mol. The van der Waals surface area contributed by atoms with Gasteiger partial charge in [0.05, 0.1) is 11.3 Å².